The Labute approximate surface area is 134 Å². The fourth-order valence-corrected chi connectivity index (χ4v) is 2.09. The van der Waals surface area contributed by atoms with E-state index >= 15 is 0 Å². The van der Waals surface area contributed by atoms with Gasteiger partial charge in [-0.25, -0.2) is 8.37 Å². The Bertz CT molecular complexity index is 255. The van der Waals surface area contributed by atoms with Crippen molar-refractivity contribution in [3.8, 4) is 0 Å². The molecular formula is C12H27NaO4S. The second-order valence-electron chi connectivity index (χ2n) is 4.17. The molecule has 0 aliphatic carbocycles. The summed E-state index contributed by atoms with van der Waals surface area (Å²) in [5, 5.41) is 0. The Kier molecular flexibility index (Phi) is 16.8. The van der Waals surface area contributed by atoms with Crippen LogP contribution >= 0.6 is 0 Å². The van der Waals surface area contributed by atoms with Gasteiger partial charge < -0.3 is 0 Å². The molecule has 0 aromatic heterocycles. The van der Waals surface area contributed by atoms with Crippen LogP contribution in [0.25, 0.3) is 0 Å². The Morgan fingerprint density at radius 2 is 1.17 bits per heavy atom. The van der Waals surface area contributed by atoms with Gasteiger partial charge >= 0.3 is 40.0 Å². The van der Waals surface area contributed by atoms with Crippen LogP contribution in [0.1, 0.15) is 65.2 Å². The van der Waals surface area contributed by atoms with Crippen molar-refractivity contribution in [2.75, 3.05) is 13.2 Å². The van der Waals surface area contributed by atoms with E-state index in [1.807, 2.05) is 6.92 Å². The van der Waals surface area contributed by atoms with Crippen LogP contribution in [0, 0.1) is 0 Å². The van der Waals surface area contributed by atoms with Gasteiger partial charge in [-0.1, -0.05) is 52.4 Å². The van der Waals surface area contributed by atoms with Gasteiger partial charge in [0.1, 0.15) is 0 Å². The molecule has 0 N–H and O–H groups in total. The summed E-state index contributed by atoms with van der Waals surface area (Å²) >= 11 is 0. The van der Waals surface area contributed by atoms with E-state index in [0.29, 0.717) is 0 Å². The zero-order valence-electron chi connectivity index (χ0n) is 11.1. The van der Waals surface area contributed by atoms with E-state index in [-0.39, 0.29) is 42.8 Å². The monoisotopic (exact) mass is 290 g/mol. The van der Waals surface area contributed by atoms with Gasteiger partial charge in [0.25, 0.3) is 0 Å². The van der Waals surface area contributed by atoms with Gasteiger partial charge in [-0.2, -0.15) is 8.42 Å². The van der Waals surface area contributed by atoms with Crippen molar-refractivity contribution in [3.05, 3.63) is 0 Å². The summed E-state index contributed by atoms with van der Waals surface area (Å²) in [7, 11) is -3.75. The zero-order valence-corrected chi connectivity index (χ0v) is 11.9. The minimum atomic E-state index is -3.75. The van der Waals surface area contributed by atoms with Gasteiger partial charge in [-0.05, 0) is 12.8 Å². The molecule has 4 nitrogen and oxygen atoms in total. The van der Waals surface area contributed by atoms with E-state index in [1.165, 1.54) is 19.3 Å². The summed E-state index contributed by atoms with van der Waals surface area (Å²) in [5.74, 6) is 0. The Balaban J connectivity index is 0. The third-order valence-corrected chi connectivity index (χ3v) is 3.36. The molecule has 0 saturated heterocycles. The average Bonchev–Trinajstić information content (AvgIpc) is 2.28. The quantitative estimate of drug-likeness (QED) is 0.410. The topological polar surface area (TPSA) is 52.6 Å². The van der Waals surface area contributed by atoms with E-state index < -0.39 is 10.4 Å². The number of hydrogen-bond acceptors (Lipinski definition) is 4. The van der Waals surface area contributed by atoms with Gasteiger partial charge in [-0.15, -0.1) is 0 Å². The number of hydrogen-bond donors (Lipinski definition) is 0. The van der Waals surface area contributed by atoms with E-state index in [2.05, 4.69) is 11.1 Å². The van der Waals surface area contributed by atoms with E-state index in [1.54, 1.807) is 0 Å². The number of unbranched alkanes of at least 4 members (excludes halogenated alkanes) is 6. The predicted octanol–water partition coefficient (Wildman–Crippen LogP) is 2.78. The van der Waals surface area contributed by atoms with Gasteiger partial charge in [0.2, 0.25) is 0 Å². The molecule has 0 saturated carbocycles. The molecule has 18 heavy (non-hydrogen) atoms. The first kappa shape index (κ1) is 21.2. The summed E-state index contributed by atoms with van der Waals surface area (Å²) < 4.78 is 31.8. The molecule has 0 rings (SSSR count). The molecule has 0 aliphatic heterocycles. The van der Waals surface area contributed by atoms with Crippen LogP contribution in [0.3, 0.4) is 0 Å². The number of rotatable bonds is 12. The van der Waals surface area contributed by atoms with Gasteiger partial charge in [0.05, 0.1) is 13.2 Å². The SMILES string of the molecule is CCCCCCCCOS(=O)(=O)OCCCC.[NaH]. The molecule has 0 aliphatic rings. The van der Waals surface area contributed by atoms with Crippen LogP contribution < -0.4 is 0 Å². The molecule has 0 spiro atoms. The first-order chi connectivity index (χ1) is 8.12. The minimum absolute atomic E-state index is 0. The molecule has 106 valence electrons. The fourth-order valence-electron chi connectivity index (χ4n) is 1.38. The van der Waals surface area contributed by atoms with Gasteiger partial charge in [0.15, 0.2) is 0 Å². The molecule has 0 atom stereocenters. The fraction of sp³-hybridized carbons (Fsp3) is 1.00. The van der Waals surface area contributed by atoms with Gasteiger partial charge in [0, 0.05) is 0 Å². The standard InChI is InChI=1S/C12H26O4S.Na.H/c1-3-5-7-8-9-10-12-16-17(13,14)15-11-6-4-2;;/h3-12H2,1-2H3;;. The first-order valence-corrected chi connectivity index (χ1v) is 7.99. The third kappa shape index (κ3) is 14.9. The van der Waals surface area contributed by atoms with Crippen LogP contribution in [-0.2, 0) is 18.8 Å². The van der Waals surface area contributed by atoms with E-state index in [4.69, 9.17) is 4.18 Å². The van der Waals surface area contributed by atoms with Crippen molar-refractivity contribution in [2.24, 2.45) is 0 Å². The third-order valence-electron chi connectivity index (χ3n) is 2.45. The van der Waals surface area contributed by atoms with Crippen LogP contribution in [0.5, 0.6) is 0 Å². The van der Waals surface area contributed by atoms with Gasteiger partial charge in [-0.3, -0.25) is 0 Å². The molecule has 0 unspecified atom stereocenters. The molecule has 6 heteroatoms. The summed E-state index contributed by atoms with van der Waals surface area (Å²) in [5.41, 5.74) is 0. The van der Waals surface area contributed by atoms with Crippen molar-refractivity contribution >= 4 is 40.0 Å². The van der Waals surface area contributed by atoms with E-state index in [9.17, 15) is 8.42 Å². The van der Waals surface area contributed by atoms with Crippen molar-refractivity contribution in [3.63, 3.8) is 0 Å². The Hall–Kier alpha value is 0.870. The summed E-state index contributed by atoms with van der Waals surface area (Å²) in [6.07, 6.45) is 8.27. The predicted molar refractivity (Wildman–Crippen MR) is 76.3 cm³/mol. The summed E-state index contributed by atoms with van der Waals surface area (Å²) in [4.78, 5) is 0. The molecule has 0 heterocycles. The van der Waals surface area contributed by atoms with Crippen molar-refractivity contribution in [1.82, 2.24) is 0 Å². The molecule has 0 radical (unpaired) electrons. The van der Waals surface area contributed by atoms with Crippen LogP contribution in [0.15, 0.2) is 0 Å². The van der Waals surface area contributed by atoms with Crippen molar-refractivity contribution in [2.45, 2.75) is 65.2 Å². The van der Waals surface area contributed by atoms with Crippen molar-refractivity contribution in [1.29, 1.82) is 0 Å². The molecule has 0 aromatic carbocycles. The Morgan fingerprint density at radius 3 is 1.72 bits per heavy atom. The van der Waals surface area contributed by atoms with Crippen molar-refractivity contribution < 1.29 is 16.8 Å². The second kappa shape index (κ2) is 14.3. The summed E-state index contributed by atoms with van der Waals surface area (Å²) in [6.45, 7) is 4.60. The Morgan fingerprint density at radius 1 is 0.722 bits per heavy atom. The normalized spacial score (nSPS) is 11.2. The first-order valence-electron chi connectivity index (χ1n) is 6.66. The molecule has 0 amide bonds. The zero-order chi connectivity index (χ0) is 13.0. The molecule has 0 bridgehead atoms. The maximum atomic E-state index is 11.2. The maximum absolute atomic E-state index is 11.2. The average molecular weight is 290 g/mol. The molecule has 0 fully saturated rings. The molecule has 0 aromatic rings. The van der Waals surface area contributed by atoms with E-state index in [0.717, 1.165) is 32.1 Å². The van der Waals surface area contributed by atoms with Crippen LogP contribution in [0.2, 0.25) is 0 Å². The van der Waals surface area contributed by atoms with Crippen LogP contribution in [-0.4, -0.2) is 51.2 Å². The van der Waals surface area contributed by atoms with Crippen LogP contribution in [0.4, 0.5) is 0 Å². The molecular weight excluding hydrogens is 263 g/mol. The summed E-state index contributed by atoms with van der Waals surface area (Å²) in [6, 6.07) is 0. The second-order valence-corrected chi connectivity index (χ2v) is 5.46.